The van der Waals surface area contributed by atoms with Crippen LogP contribution in [-0.2, 0) is 13.2 Å². The maximum absolute atomic E-state index is 6.22. The van der Waals surface area contributed by atoms with Crippen molar-refractivity contribution >= 4 is 29.6 Å². The Morgan fingerprint density at radius 3 is 2.74 bits per heavy atom. The summed E-state index contributed by atoms with van der Waals surface area (Å²) in [5.74, 6) is 0.638. The van der Waals surface area contributed by atoms with Gasteiger partial charge < -0.3 is 0 Å². The van der Waals surface area contributed by atoms with Crippen LogP contribution in [0.2, 0.25) is 5.02 Å². The Hall–Kier alpha value is -1.76. The maximum atomic E-state index is 6.22. The molecule has 1 aromatic carbocycles. The number of nitrogens with zero attached hydrogens (tertiary/aromatic N) is 5. The first-order valence-electron chi connectivity index (χ1n) is 7.31. The normalized spacial score (nSPS) is 11.5. The maximum Gasteiger partial charge on any atom is 0.254 e. The van der Waals surface area contributed by atoms with Gasteiger partial charge in [-0.1, -0.05) is 29.8 Å². The van der Waals surface area contributed by atoms with Crippen molar-refractivity contribution in [3.8, 4) is 0 Å². The van der Waals surface area contributed by atoms with Crippen LogP contribution in [0.4, 0.5) is 0 Å². The summed E-state index contributed by atoms with van der Waals surface area (Å²) in [7, 11) is 2.01. The van der Waals surface area contributed by atoms with Crippen LogP contribution in [0.25, 0.3) is 5.78 Å². The lowest BCUT2D eigenvalue weighted by Crippen LogP contribution is -2.22. The van der Waals surface area contributed by atoms with E-state index in [1.165, 1.54) is 0 Å². The fourth-order valence-corrected chi connectivity index (χ4v) is 3.14. The molecule has 0 radical (unpaired) electrons. The van der Waals surface area contributed by atoms with Crippen molar-refractivity contribution in [1.29, 1.82) is 0 Å². The first-order chi connectivity index (χ1) is 11.0. The Morgan fingerprint density at radius 2 is 2.00 bits per heavy atom. The van der Waals surface area contributed by atoms with Gasteiger partial charge in [-0.25, -0.2) is 9.67 Å². The first-order valence-corrected chi connectivity index (χ1v) is 8.10. The van der Waals surface area contributed by atoms with Crippen molar-refractivity contribution in [2.24, 2.45) is 0 Å². The molecule has 0 spiro atoms. The van der Waals surface area contributed by atoms with Crippen molar-refractivity contribution in [3.63, 3.8) is 0 Å². The summed E-state index contributed by atoms with van der Waals surface area (Å²) in [6.45, 7) is 5.27. The number of rotatable bonds is 4. The van der Waals surface area contributed by atoms with Crippen molar-refractivity contribution in [3.05, 3.63) is 57.1 Å². The SMILES string of the molecule is Cc1cc(C)n2c(=S)n(CN(C)Cc3ccccc3Cl)nc2n1. The van der Waals surface area contributed by atoms with E-state index in [0.717, 1.165) is 28.5 Å². The third kappa shape index (κ3) is 3.29. The Morgan fingerprint density at radius 1 is 1.26 bits per heavy atom. The minimum Gasteiger partial charge on any atom is -0.283 e. The molecule has 0 saturated heterocycles. The van der Waals surface area contributed by atoms with E-state index in [1.807, 2.05) is 55.6 Å². The predicted octanol–water partition coefficient (Wildman–Crippen LogP) is 3.62. The van der Waals surface area contributed by atoms with E-state index in [4.69, 9.17) is 23.8 Å². The van der Waals surface area contributed by atoms with Gasteiger partial charge in [0.2, 0.25) is 4.77 Å². The van der Waals surface area contributed by atoms with Gasteiger partial charge in [-0.3, -0.25) is 9.30 Å². The van der Waals surface area contributed by atoms with Gasteiger partial charge in [0.15, 0.2) is 0 Å². The van der Waals surface area contributed by atoms with Crippen LogP contribution in [0.1, 0.15) is 17.0 Å². The Balaban J connectivity index is 1.87. The zero-order chi connectivity index (χ0) is 16.6. The minimum absolute atomic E-state index is 0.575. The molecule has 2 aromatic heterocycles. The lowest BCUT2D eigenvalue weighted by Gasteiger charge is -2.17. The topological polar surface area (TPSA) is 38.4 Å². The van der Waals surface area contributed by atoms with E-state index in [9.17, 15) is 0 Å². The van der Waals surface area contributed by atoms with Crippen LogP contribution in [0.3, 0.4) is 0 Å². The molecule has 0 N–H and O–H groups in total. The largest absolute Gasteiger partial charge is 0.283 e. The summed E-state index contributed by atoms with van der Waals surface area (Å²) in [4.78, 5) is 6.56. The third-order valence-corrected chi connectivity index (χ3v) is 4.40. The number of hydrogen-bond donors (Lipinski definition) is 0. The fourth-order valence-electron chi connectivity index (χ4n) is 2.62. The van der Waals surface area contributed by atoms with Crippen LogP contribution in [0, 0.1) is 18.6 Å². The molecule has 0 aliphatic carbocycles. The number of hydrogen-bond acceptors (Lipinski definition) is 4. The number of benzene rings is 1. The van der Waals surface area contributed by atoms with E-state index in [1.54, 1.807) is 4.68 Å². The average molecular weight is 348 g/mol. The second-order valence-electron chi connectivity index (χ2n) is 5.70. The molecular formula is C16H18ClN5S. The van der Waals surface area contributed by atoms with E-state index >= 15 is 0 Å². The zero-order valence-corrected chi connectivity index (χ0v) is 14.9. The van der Waals surface area contributed by atoms with Gasteiger partial charge >= 0.3 is 0 Å². The highest BCUT2D eigenvalue weighted by atomic mass is 35.5. The molecule has 5 nitrogen and oxygen atoms in total. The second-order valence-corrected chi connectivity index (χ2v) is 6.48. The highest BCUT2D eigenvalue weighted by Crippen LogP contribution is 2.17. The summed E-state index contributed by atoms with van der Waals surface area (Å²) in [5, 5.41) is 5.30. The monoisotopic (exact) mass is 347 g/mol. The molecule has 7 heteroatoms. The smallest absolute Gasteiger partial charge is 0.254 e. The highest BCUT2D eigenvalue weighted by Gasteiger charge is 2.11. The van der Waals surface area contributed by atoms with Crippen LogP contribution in [-0.4, -0.2) is 31.1 Å². The molecule has 0 saturated carbocycles. The molecule has 3 rings (SSSR count). The first kappa shape index (κ1) is 16.1. The summed E-state index contributed by atoms with van der Waals surface area (Å²) < 4.78 is 4.34. The lowest BCUT2D eigenvalue weighted by molar-refractivity contribution is 0.244. The molecule has 0 unspecified atom stereocenters. The van der Waals surface area contributed by atoms with Gasteiger partial charge in [-0.05, 0) is 50.8 Å². The average Bonchev–Trinajstić information content (AvgIpc) is 2.77. The molecule has 0 amide bonds. The molecule has 2 heterocycles. The molecule has 3 aromatic rings. The van der Waals surface area contributed by atoms with Gasteiger partial charge in [0, 0.05) is 23.0 Å². The van der Waals surface area contributed by atoms with Crippen LogP contribution >= 0.6 is 23.8 Å². The predicted molar refractivity (Wildman–Crippen MR) is 94.2 cm³/mol. The Bertz CT molecular complexity index is 914. The Labute approximate surface area is 145 Å². The second kappa shape index (κ2) is 6.39. The number of halogens is 1. The summed E-state index contributed by atoms with van der Waals surface area (Å²) in [5.41, 5.74) is 3.06. The van der Waals surface area contributed by atoms with Gasteiger partial charge in [-0.2, -0.15) is 0 Å². The van der Waals surface area contributed by atoms with Gasteiger partial charge in [0.05, 0.1) is 6.67 Å². The third-order valence-electron chi connectivity index (χ3n) is 3.64. The van der Waals surface area contributed by atoms with Crippen molar-refractivity contribution in [2.45, 2.75) is 27.1 Å². The Kier molecular flexibility index (Phi) is 4.48. The van der Waals surface area contributed by atoms with E-state index < -0.39 is 0 Å². The zero-order valence-electron chi connectivity index (χ0n) is 13.3. The van der Waals surface area contributed by atoms with Crippen molar-refractivity contribution in [2.75, 3.05) is 7.05 Å². The van der Waals surface area contributed by atoms with Gasteiger partial charge in [0.1, 0.15) is 0 Å². The van der Waals surface area contributed by atoms with Crippen molar-refractivity contribution < 1.29 is 0 Å². The fraction of sp³-hybridized carbons (Fsp3) is 0.312. The highest BCUT2D eigenvalue weighted by molar-refractivity contribution is 7.71. The summed E-state index contributed by atoms with van der Waals surface area (Å²) >= 11 is 11.8. The van der Waals surface area contributed by atoms with E-state index in [2.05, 4.69) is 15.0 Å². The molecule has 0 aliphatic rings. The van der Waals surface area contributed by atoms with Crippen LogP contribution < -0.4 is 0 Å². The van der Waals surface area contributed by atoms with Crippen LogP contribution in [0.5, 0.6) is 0 Å². The van der Waals surface area contributed by atoms with Crippen LogP contribution in [0.15, 0.2) is 30.3 Å². The van der Waals surface area contributed by atoms with E-state index in [0.29, 0.717) is 17.2 Å². The molecule has 23 heavy (non-hydrogen) atoms. The minimum atomic E-state index is 0.575. The number of aromatic nitrogens is 4. The lowest BCUT2D eigenvalue weighted by atomic mass is 10.2. The van der Waals surface area contributed by atoms with Crippen molar-refractivity contribution in [1.82, 2.24) is 24.1 Å². The standard InChI is InChI=1S/C16H18ClN5S/c1-11-8-12(2)22-15(18-11)19-21(16(22)23)10-20(3)9-13-6-4-5-7-14(13)17/h4-8H,9-10H2,1-3H3. The van der Waals surface area contributed by atoms with Gasteiger partial charge in [-0.15, -0.1) is 5.10 Å². The van der Waals surface area contributed by atoms with Gasteiger partial charge in [0.25, 0.3) is 5.78 Å². The molecule has 120 valence electrons. The van der Waals surface area contributed by atoms with E-state index in [-0.39, 0.29) is 0 Å². The molecular weight excluding hydrogens is 330 g/mol. The number of fused-ring (bicyclic) bond motifs is 1. The summed E-state index contributed by atoms with van der Waals surface area (Å²) in [6.07, 6.45) is 0. The molecule has 0 bridgehead atoms. The summed E-state index contributed by atoms with van der Waals surface area (Å²) in [6, 6.07) is 9.85. The quantitative estimate of drug-likeness (QED) is 0.676. The molecule has 0 fully saturated rings. The molecule has 0 aliphatic heterocycles. The number of aryl methyl sites for hydroxylation is 2. The molecule has 0 atom stereocenters.